The zero-order valence-corrected chi connectivity index (χ0v) is 19.1. The first-order valence-electron chi connectivity index (χ1n) is 10.8. The quantitative estimate of drug-likeness (QED) is 0.509. The number of carbonyl (C=O) groups excluding carboxylic acids is 1. The minimum Gasteiger partial charge on any atom is -0.354 e. The van der Waals surface area contributed by atoms with Crippen molar-refractivity contribution in [3.05, 3.63) is 70.9 Å². The fourth-order valence-corrected chi connectivity index (χ4v) is 5.05. The zero-order chi connectivity index (χ0) is 22.1. The number of nitrogens with zero attached hydrogens (tertiary/aromatic N) is 5. The Morgan fingerprint density at radius 1 is 1.09 bits per heavy atom. The number of likely N-dealkylation sites (N-methyl/N-ethyl adjacent to an activating group) is 1. The SMILES string of the molecule is Cc1nn(-c2ccccc2)c2sc(C(=O)NCc3ccnc(N4CCN(C)CC4)c3)cc12. The van der Waals surface area contributed by atoms with E-state index in [1.807, 2.05) is 60.3 Å². The standard InChI is InChI=1S/C24H26N6OS/c1-17-20-15-21(32-24(20)30(27-17)19-6-4-3-5-7-19)23(31)26-16-18-8-9-25-22(14-18)29-12-10-28(2)11-13-29/h3-9,14-15H,10-13,16H2,1-2H3,(H,26,31). The highest BCUT2D eigenvalue weighted by Gasteiger charge is 2.18. The predicted molar refractivity (Wildman–Crippen MR) is 129 cm³/mol. The third-order valence-electron chi connectivity index (χ3n) is 5.86. The second kappa shape index (κ2) is 8.72. The molecule has 5 rings (SSSR count). The van der Waals surface area contributed by atoms with Crippen LogP contribution in [0.5, 0.6) is 0 Å². The molecule has 8 heteroatoms. The Bertz CT molecular complexity index is 1240. The number of para-hydroxylation sites is 1. The largest absolute Gasteiger partial charge is 0.354 e. The number of aryl methyl sites for hydroxylation is 1. The topological polar surface area (TPSA) is 66.3 Å². The summed E-state index contributed by atoms with van der Waals surface area (Å²) >= 11 is 1.47. The summed E-state index contributed by atoms with van der Waals surface area (Å²) in [4.78, 5) is 23.7. The summed E-state index contributed by atoms with van der Waals surface area (Å²) in [7, 11) is 2.14. The highest BCUT2D eigenvalue weighted by molar-refractivity contribution is 7.20. The second-order valence-corrected chi connectivity index (χ2v) is 9.19. The number of piperazine rings is 1. The van der Waals surface area contributed by atoms with Crippen molar-refractivity contribution in [3.8, 4) is 5.69 Å². The van der Waals surface area contributed by atoms with E-state index in [4.69, 9.17) is 0 Å². The Kier molecular flexibility index (Phi) is 5.63. The lowest BCUT2D eigenvalue weighted by Gasteiger charge is -2.33. The molecule has 0 aliphatic carbocycles. The molecule has 1 saturated heterocycles. The Labute approximate surface area is 191 Å². The molecule has 0 spiro atoms. The molecule has 4 heterocycles. The van der Waals surface area contributed by atoms with Crippen LogP contribution in [0.3, 0.4) is 0 Å². The third-order valence-corrected chi connectivity index (χ3v) is 6.97. The molecule has 1 fully saturated rings. The summed E-state index contributed by atoms with van der Waals surface area (Å²) in [6.07, 6.45) is 1.83. The number of anilines is 1. The molecule has 1 aromatic carbocycles. The van der Waals surface area contributed by atoms with Crippen molar-refractivity contribution in [2.45, 2.75) is 13.5 Å². The lowest BCUT2D eigenvalue weighted by molar-refractivity contribution is 0.0955. The summed E-state index contributed by atoms with van der Waals surface area (Å²) in [5.41, 5.74) is 2.97. The van der Waals surface area contributed by atoms with Crippen molar-refractivity contribution in [2.75, 3.05) is 38.1 Å². The third kappa shape index (κ3) is 4.11. The lowest BCUT2D eigenvalue weighted by atomic mass is 10.2. The van der Waals surface area contributed by atoms with Crippen molar-refractivity contribution in [2.24, 2.45) is 0 Å². The van der Waals surface area contributed by atoms with Crippen LogP contribution in [0, 0.1) is 6.92 Å². The summed E-state index contributed by atoms with van der Waals surface area (Å²) < 4.78 is 1.91. The maximum Gasteiger partial charge on any atom is 0.261 e. The Hall–Kier alpha value is -3.23. The van der Waals surface area contributed by atoms with Crippen LogP contribution in [0.25, 0.3) is 15.9 Å². The summed E-state index contributed by atoms with van der Waals surface area (Å²) in [5.74, 6) is 0.911. The van der Waals surface area contributed by atoms with Gasteiger partial charge in [-0.2, -0.15) is 5.10 Å². The first-order chi connectivity index (χ1) is 15.6. The summed E-state index contributed by atoms with van der Waals surface area (Å²) in [6.45, 7) is 6.47. The molecular weight excluding hydrogens is 420 g/mol. The van der Waals surface area contributed by atoms with E-state index in [9.17, 15) is 4.79 Å². The predicted octanol–water partition coefficient (Wildman–Crippen LogP) is 3.47. The Morgan fingerprint density at radius 3 is 2.66 bits per heavy atom. The molecule has 1 N–H and O–H groups in total. The number of rotatable bonds is 5. The molecule has 0 radical (unpaired) electrons. The molecule has 1 aliphatic heterocycles. The van der Waals surface area contributed by atoms with E-state index >= 15 is 0 Å². The first-order valence-corrected chi connectivity index (χ1v) is 11.6. The second-order valence-electron chi connectivity index (χ2n) is 8.16. The number of hydrogen-bond acceptors (Lipinski definition) is 6. The maximum absolute atomic E-state index is 12.9. The molecule has 0 saturated carbocycles. The highest BCUT2D eigenvalue weighted by Crippen LogP contribution is 2.30. The molecule has 32 heavy (non-hydrogen) atoms. The Balaban J connectivity index is 1.30. The van der Waals surface area contributed by atoms with Crippen LogP contribution in [0.4, 0.5) is 5.82 Å². The molecule has 0 bridgehead atoms. The maximum atomic E-state index is 12.9. The van der Waals surface area contributed by atoms with Crippen LogP contribution in [-0.2, 0) is 6.54 Å². The van der Waals surface area contributed by atoms with Gasteiger partial charge in [-0.1, -0.05) is 18.2 Å². The van der Waals surface area contributed by atoms with Crippen LogP contribution in [0.1, 0.15) is 20.9 Å². The van der Waals surface area contributed by atoms with Crippen LogP contribution >= 0.6 is 11.3 Å². The number of thiophene rings is 1. The van der Waals surface area contributed by atoms with Gasteiger partial charge in [0.15, 0.2) is 0 Å². The van der Waals surface area contributed by atoms with Gasteiger partial charge in [0, 0.05) is 44.3 Å². The number of pyridine rings is 1. The van der Waals surface area contributed by atoms with Gasteiger partial charge in [0.25, 0.3) is 5.91 Å². The van der Waals surface area contributed by atoms with Gasteiger partial charge in [-0.15, -0.1) is 11.3 Å². The van der Waals surface area contributed by atoms with E-state index in [1.54, 1.807) is 0 Å². The highest BCUT2D eigenvalue weighted by atomic mass is 32.1. The van der Waals surface area contributed by atoms with E-state index in [0.717, 1.165) is 59.2 Å². The van der Waals surface area contributed by atoms with Crippen LogP contribution in [0.15, 0.2) is 54.7 Å². The molecule has 0 unspecified atom stereocenters. The number of amides is 1. The number of benzene rings is 1. The van der Waals surface area contributed by atoms with Gasteiger partial charge in [0.05, 0.1) is 16.3 Å². The molecule has 1 aliphatic rings. The van der Waals surface area contributed by atoms with E-state index in [2.05, 4.69) is 38.3 Å². The minimum atomic E-state index is -0.0665. The minimum absolute atomic E-state index is 0.0665. The number of carbonyl (C=O) groups is 1. The number of hydrogen-bond donors (Lipinski definition) is 1. The van der Waals surface area contributed by atoms with Crippen LogP contribution < -0.4 is 10.2 Å². The number of fused-ring (bicyclic) bond motifs is 1. The fraction of sp³-hybridized carbons (Fsp3) is 0.292. The summed E-state index contributed by atoms with van der Waals surface area (Å²) in [5, 5.41) is 8.74. The summed E-state index contributed by atoms with van der Waals surface area (Å²) in [6, 6.07) is 16.0. The van der Waals surface area contributed by atoms with Crippen molar-refractivity contribution in [1.29, 1.82) is 0 Å². The van der Waals surface area contributed by atoms with E-state index in [0.29, 0.717) is 11.4 Å². The van der Waals surface area contributed by atoms with E-state index in [-0.39, 0.29) is 5.91 Å². The average Bonchev–Trinajstić information content (AvgIpc) is 3.39. The van der Waals surface area contributed by atoms with E-state index in [1.165, 1.54) is 11.3 Å². The van der Waals surface area contributed by atoms with Gasteiger partial charge in [0.1, 0.15) is 10.6 Å². The van der Waals surface area contributed by atoms with Crippen molar-refractivity contribution in [1.82, 2.24) is 25.0 Å². The van der Waals surface area contributed by atoms with Crippen molar-refractivity contribution < 1.29 is 4.79 Å². The zero-order valence-electron chi connectivity index (χ0n) is 18.3. The first kappa shape index (κ1) is 20.7. The smallest absolute Gasteiger partial charge is 0.261 e. The van der Waals surface area contributed by atoms with Crippen LogP contribution in [-0.4, -0.2) is 58.8 Å². The van der Waals surface area contributed by atoms with Gasteiger partial charge in [-0.3, -0.25) is 4.79 Å². The Morgan fingerprint density at radius 2 is 1.88 bits per heavy atom. The molecule has 3 aromatic heterocycles. The van der Waals surface area contributed by atoms with Gasteiger partial charge < -0.3 is 15.1 Å². The van der Waals surface area contributed by atoms with E-state index < -0.39 is 0 Å². The van der Waals surface area contributed by atoms with Gasteiger partial charge in [0.2, 0.25) is 0 Å². The van der Waals surface area contributed by atoms with Crippen molar-refractivity contribution in [3.63, 3.8) is 0 Å². The fourth-order valence-electron chi connectivity index (χ4n) is 3.95. The van der Waals surface area contributed by atoms with Gasteiger partial charge >= 0.3 is 0 Å². The lowest BCUT2D eigenvalue weighted by Crippen LogP contribution is -2.44. The monoisotopic (exact) mass is 446 g/mol. The molecule has 4 aromatic rings. The molecule has 0 atom stereocenters. The van der Waals surface area contributed by atoms with Crippen molar-refractivity contribution >= 4 is 33.3 Å². The normalized spacial score (nSPS) is 14.8. The average molecular weight is 447 g/mol. The number of nitrogens with one attached hydrogen (secondary N) is 1. The van der Waals surface area contributed by atoms with Gasteiger partial charge in [-0.25, -0.2) is 9.67 Å². The van der Waals surface area contributed by atoms with Gasteiger partial charge in [-0.05, 0) is 49.9 Å². The number of aromatic nitrogens is 3. The molecular formula is C24H26N6OS. The molecule has 1 amide bonds. The molecule has 7 nitrogen and oxygen atoms in total. The molecule has 164 valence electrons. The van der Waals surface area contributed by atoms with Crippen LogP contribution in [0.2, 0.25) is 0 Å².